The SMILES string of the molecule is O=C(O)CCc1cn(-c2ccc(Br)c([N+](=O)[O-])c2)nn1. The normalized spacial score (nSPS) is 10.4. The Morgan fingerprint density at radius 1 is 1.50 bits per heavy atom. The lowest BCUT2D eigenvalue weighted by Gasteiger charge is -2.01. The molecule has 0 aliphatic carbocycles. The quantitative estimate of drug-likeness (QED) is 0.657. The Balaban J connectivity index is 2.26. The Morgan fingerprint density at radius 3 is 2.90 bits per heavy atom. The summed E-state index contributed by atoms with van der Waals surface area (Å²) >= 11 is 3.10. The number of hydrogen-bond acceptors (Lipinski definition) is 5. The highest BCUT2D eigenvalue weighted by atomic mass is 79.9. The third-order valence-electron chi connectivity index (χ3n) is 2.53. The standard InChI is InChI=1S/C11H9BrN4O4/c12-9-3-2-8(5-10(9)16(19)20)15-6-7(13-14-15)1-4-11(17)18/h2-3,5-6H,1,4H2,(H,17,18). The number of aromatic nitrogens is 3. The Hall–Kier alpha value is -2.29. The summed E-state index contributed by atoms with van der Waals surface area (Å²) in [5.41, 5.74) is 0.914. The predicted octanol–water partition coefficient (Wildman–Crippen LogP) is 1.96. The van der Waals surface area contributed by atoms with E-state index in [1.54, 1.807) is 18.3 Å². The summed E-state index contributed by atoms with van der Waals surface area (Å²) in [6.45, 7) is 0. The molecule has 2 aromatic rings. The Labute approximate surface area is 121 Å². The number of nitro benzene ring substituents is 1. The van der Waals surface area contributed by atoms with Crippen molar-refractivity contribution in [2.45, 2.75) is 12.8 Å². The van der Waals surface area contributed by atoms with Gasteiger partial charge in [0.15, 0.2) is 0 Å². The number of benzene rings is 1. The first-order chi connectivity index (χ1) is 9.47. The summed E-state index contributed by atoms with van der Waals surface area (Å²) in [5.74, 6) is -0.918. The van der Waals surface area contributed by atoms with Crippen LogP contribution in [0, 0.1) is 10.1 Å². The van der Waals surface area contributed by atoms with E-state index in [1.807, 2.05) is 0 Å². The molecular weight excluding hydrogens is 332 g/mol. The second-order valence-corrected chi connectivity index (χ2v) is 4.80. The maximum absolute atomic E-state index is 10.9. The second-order valence-electron chi connectivity index (χ2n) is 3.94. The molecule has 0 atom stereocenters. The van der Waals surface area contributed by atoms with Gasteiger partial charge in [-0.1, -0.05) is 5.21 Å². The summed E-state index contributed by atoms with van der Waals surface area (Å²) in [6.07, 6.45) is 1.77. The van der Waals surface area contributed by atoms with Gasteiger partial charge in [0.05, 0.1) is 33.4 Å². The molecule has 0 saturated heterocycles. The van der Waals surface area contributed by atoms with Crippen LogP contribution in [0.2, 0.25) is 0 Å². The summed E-state index contributed by atoms with van der Waals surface area (Å²) in [7, 11) is 0. The summed E-state index contributed by atoms with van der Waals surface area (Å²) in [4.78, 5) is 20.8. The van der Waals surface area contributed by atoms with Crippen LogP contribution < -0.4 is 0 Å². The minimum Gasteiger partial charge on any atom is -0.481 e. The molecule has 20 heavy (non-hydrogen) atoms. The molecule has 2 rings (SSSR count). The van der Waals surface area contributed by atoms with Gasteiger partial charge in [0.1, 0.15) is 0 Å². The number of aliphatic carboxylic acids is 1. The van der Waals surface area contributed by atoms with E-state index in [9.17, 15) is 14.9 Å². The highest BCUT2D eigenvalue weighted by Gasteiger charge is 2.14. The smallest absolute Gasteiger partial charge is 0.303 e. The minimum absolute atomic E-state index is 0.0425. The third-order valence-corrected chi connectivity index (χ3v) is 3.20. The minimum atomic E-state index is -0.918. The van der Waals surface area contributed by atoms with Gasteiger partial charge < -0.3 is 5.11 Å². The number of carbonyl (C=O) groups is 1. The first kappa shape index (κ1) is 14.1. The van der Waals surface area contributed by atoms with Crippen LogP contribution in [-0.4, -0.2) is 31.0 Å². The molecule has 0 fully saturated rings. The van der Waals surface area contributed by atoms with Crippen LogP contribution in [-0.2, 0) is 11.2 Å². The first-order valence-electron chi connectivity index (χ1n) is 5.54. The molecule has 9 heteroatoms. The van der Waals surface area contributed by atoms with Crippen molar-refractivity contribution in [3.8, 4) is 5.69 Å². The molecule has 0 aliphatic rings. The lowest BCUT2D eigenvalue weighted by atomic mass is 10.2. The third kappa shape index (κ3) is 3.18. The average Bonchev–Trinajstić information content (AvgIpc) is 2.85. The number of nitro groups is 1. The largest absolute Gasteiger partial charge is 0.481 e. The molecule has 1 heterocycles. The molecule has 1 aromatic carbocycles. The zero-order valence-electron chi connectivity index (χ0n) is 10.1. The Morgan fingerprint density at radius 2 is 2.25 bits per heavy atom. The van der Waals surface area contributed by atoms with Crippen molar-refractivity contribution in [2.75, 3.05) is 0 Å². The molecular formula is C11H9BrN4O4. The van der Waals surface area contributed by atoms with Crippen molar-refractivity contribution in [1.82, 2.24) is 15.0 Å². The zero-order valence-corrected chi connectivity index (χ0v) is 11.6. The number of carboxylic acids is 1. The number of nitrogens with zero attached hydrogens (tertiary/aromatic N) is 4. The van der Waals surface area contributed by atoms with Crippen molar-refractivity contribution in [3.05, 3.63) is 44.7 Å². The highest BCUT2D eigenvalue weighted by molar-refractivity contribution is 9.10. The summed E-state index contributed by atoms with van der Waals surface area (Å²) < 4.78 is 1.74. The van der Waals surface area contributed by atoms with Gasteiger partial charge >= 0.3 is 5.97 Å². The molecule has 1 aromatic heterocycles. The van der Waals surface area contributed by atoms with Crippen molar-refractivity contribution in [3.63, 3.8) is 0 Å². The zero-order chi connectivity index (χ0) is 14.7. The number of carboxylic acid groups (broad SMARTS) is 1. The van der Waals surface area contributed by atoms with Crippen LogP contribution in [0.15, 0.2) is 28.9 Å². The summed E-state index contributed by atoms with van der Waals surface area (Å²) in [5, 5.41) is 27.1. The van der Waals surface area contributed by atoms with E-state index in [4.69, 9.17) is 5.11 Å². The molecule has 0 aliphatic heterocycles. The fourth-order valence-electron chi connectivity index (χ4n) is 1.56. The van der Waals surface area contributed by atoms with Gasteiger partial charge in [0.25, 0.3) is 5.69 Å². The van der Waals surface area contributed by atoms with Crippen LogP contribution in [0.1, 0.15) is 12.1 Å². The van der Waals surface area contributed by atoms with Crippen LogP contribution in [0.25, 0.3) is 5.69 Å². The number of aryl methyl sites for hydroxylation is 1. The molecule has 8 nitrogen and oxygen atoms in total. The van der Waals surface area contributed by atoms with Crippen molar-refractivity contribution < 1.29 is 14.8 Å². The Kier molecular flexibility index (Phi) is 4.08. The van der Waals surface area contributed by atoms with Gasteiger partial charge in [-0.2, -0.15) is 0 Å². The van der Waals surface area contributed by atoms with Gasteiger partial charge in [-0.25, -0.2) is 4.68 Å². The van der Waals surface area contributed by atoms with Crippen LogP contribution in [0.5, 0.6) is 0 Å². The van der Waals surface area contributed by atoms with Crippen LogP contribution >= 0.6 is 15.9 Å². The number of rotatable bonds is 5. The fourth-order valence-corrected chi connectivity index (χ4v) is 1.95. The summed E-state index contributed by atoms with van der Waals surface area (Å²) in [6, 6.07) is 4.55. The van der Waals surface area contributed by atoms with E-state index in [0.717, 1.165) is 0 Å². The van der Waals surface area contributed by atoms with E-state index in [0.29, 0.717) is 15.9 Å². The lowest BCUT2D eigenvalue weighted by molar-refractivity contribution is -0.385. The van der Waals surface area contributed by atoms with E-state index in [-0.39, 0.29) is 18.5 Å². The molecule has 1 N–H and O–H groups in total. The van der Waals surface area contributed by atoms with Crippen LogP contribution in [0.4, 0.5) is 5.69 Å². The highest BCUT2D eigenvalue weighted by Crippen LogP contribution is 2.26. The van der Waals surface area contributed by atoms with Gasteiger partial charge in [-0.15, -0.1) is 5.10 Å². The maximum Gasteiger partial charge on any atom is 0.303 e. The monoisotopic (exact) mass is 340 g/mol. The molecule has 104 valence electrons. The second kappa shape index (κ2) is 5.78. The van der Waals surface area contributed by atoms with Crippen molar-refractivity contribution in [2.24, 2.45) is 0 Å². The van der Waals surface area contributed by atoms with Crippen molar-refractivity contribution >= 4 is 27.6 Å². The Bertz CT molecular complexity index is 670. The lowest BCUT2D eigenvalue weighted by Crippen LogP contribution is -1.98. The van der Waals surface area contributed by atoms with Gasteiger partial charge in [-0.3, -0.25) is 14.9 Å². The maximum atomic E-state index is 10.9. The van der Waals surface area contributed by atoms with Gasteiger partial charge in [0, 0.05) is 12.5 Å². The molecule has 0 radical (unpaired) electrons. The van der Waals surface area contributed by atoms with Crippen molar-refractivity contribution in [1.29, 1.82) is 0 Å². The van der Waals surface area contributed by atoms with E-state index in [2.05, 4.69) is 26.2 Å². The molecule has 0 unspecified atom stereocenters. The fraction of sp³-hybridized carbons (Fsp3) is 0.182. The van der Waals surface area contributed by atoms with Gasteiger partial charge in [-0.05, 0) is 28.1 Å². The van der Waals surface area contributed by atoms with E-state index < -0.39 is 10.9 Å². The topological polar surface area (TPSA) is 111 Å². The van der Waals surface area contributed by atoms with E-state index in [1.165, 1.54) is 10.7 Å². The van der Waals surface area contributed by atoms with Crippen LogP contribution in [0.3, 0.4) is 0 Å². The number of hydrogen-bond donors (Lipinski definition) is 1. The molecule has 0 bridgehead atoms. The van der Waals surface area contributed by atoms with E-state index >= 15 is 0 Å². The number of halogens is 1. The average molecular weight is 341 g/mol. The van der Waals surface area contributed by atoms with Gasteiger partial charge in [0.2, 0.25) is 0 Å². The molecule has 0 spiro atoms. The molecule has 0 amide bonds. The molecule has 0 saturated carbocycles. The first-order valence-corrected chi connectivity index (χ1v) is 6.34. The predicted molar refractivity (Wildman–Crippen MR) is 71.7 cm³/mol.